The van der Waals surface area contributed by atoms with Crippen LogP contribution >= 0.6 is 0 Å². The Morgan fingerprint density at radius 2 is 1.72 bits per heavy atom. The van der Waals surface area contributed by atoms with Gasteiger partial charge in [0.1, 0.15) is 11.6 Å². The predicted molar refractivity (Wildman–Crippen MR) is 111 cm³/mol. The van der Waals surface area contributed by atoms with Crippen molar-refractivity contribution >= 4 is 17.4 Å². The molecule has 0 bridgehead atoms. The second-order valence-corrected chi connectivity index (χ2v) is 7.55. The molecule has 0 spiro atoms. The van der Waals surface area contributed by atoms with Gasteiger partial charge in [-0.15, -0.1) is 5.10 Å². The van der Waals surface area contributed by atoms with Crippen molar-refractivity contribution in [1.29, 1.82) is 0 Å². The minimum atomic E-state index is -0.178. The minimum Gasteiger partial charge on any atom is -0.355 e. The fraction of sp³-hybridized carbons (Fsp3) is 0.409. The third kappa shape index (κ3) is 4.72. The molecule has 1 amide bonds. The molecule has 29 heavy (non-hydrogen) atoms. The van der Waals surface area contributed by atoms with Gasteiger partial charge in [0.15, 0.2) is 11.3 Å². The lowest BCUT2D eigenvalue weighted by Crippen LogP contribution is -2.33. The van der Waals surface area contributed by atoms with Crippen molar-refractivity contribution < 1.29 is 9.18 Å². The Kier molecular flexibility index (Phi) is 6.03. The summed E-state index contributed by atoms with van der Waals surface area (Å²) in [6, 6.07) is 12.2. The zero-order valence-electron chi connectivity index (χ0n) is 16.4. The van der Waals surface area contributed by atoms with Crippen LogP contribution in [0.3, 0.4) is 0 Å². The number of amides is 1. The van der Waals surface area contributed by atoms with Gasteiger partial charge in [0, 0.05) is 19.1 Å². The fourth-order valence-electron chi connectivity index (χ4n) is 3.88. The van der Waals surface area contributed by atoms with Gasteiger partial charge in [-0.2, -0.15) is 0 Å². The van der Waals surface area contributed by atoms with E-state index in [-0.39, 0.29) is 11.7 Å². The number of carbonyl (C=O) groups excluding carboxylic acids is 1. The Hall–Kier alpha value is -2.96. The molecule has 3 heterocycles. The summed E-state index contributed by atoms with van der Waals surface area (Å²) in [6.07, 6.45) is 8.60. The largest absolute Gasteiger partial charge is 0.355 e. The van der Waals surface area contributed by atoms with Gasteiger partial charge in [-0.3, -0.25) is 4.79 Å². The zero-order chi connectivity index (χ0) is 20.1. The van der Waals surface area contributed by atoms with Crippen LogP contribution in [-0.2, 0) is 0 Å². The van der Waals surface area contributed by atoms with Crippen molar-refractivity contribution in [2.45, 2.75) is 44.6 Å². The Morgan fingerprint density at radius 1 is 1.00 bits per heavy atom. The van der Waals surface area contributed by atoms with Crippen molar-refractivity contribution in [3.05, 3.63) is 60.2 Å². The van der Waals surface area contributed by atoms with Gasteiger partial charge in [0.25, 0.3) is 5.91 Å². The Labute approximate surface area is 169 Å². The van der Waals surface area contributed by atoms with Crippen LogP contribution in [0.15, 0.2) is 48.7 Å². The molecule has 6 nitrogen and oxygen atoms in total. The fourth-order valence-corrected chi connectivity index (χ4v) is 3.88. The van der Waals surface area contributed by atoms with Gasteiger partial charge in [-0.25, -0.2) is 13.9 Å². The molecule has 0 unspecified atom stereocenters. The monoisotopic (exact) mass is 395 g/mol. The molecule has 1 aliphatic heterocycles. The highest BCUT2D eigenvalue weighted by Gasteiger charge is 2.21. The molecular formula is C22H26FN5O. The van der Waals surface area contributed by atoms with Crippen molar-refractivity contribution in [2.75, 3.05) is 18.0 Å². The van der Waals surface area contributed by atoms with Crippen LogP contribution in [0.25, 0.3) is 5.65 Å². The zero-order valence-corrected chi connectivity index (χ0v) is 16.4. The first kappa shape index (κ1) is 19.4. The first-order chi connectivity index (χ1) is 14.2. The number of imidazole rings is 1. The number of rotatable bonds is 3. The Bertz CT molecular complexity index is 946. The van der Waals surface area contributed by atoms with Gasteiger partial charge in [-0.05, 0) is 49.9 Å². The molecule has 3 aromatic rings. The van der Waals surface area contributed by atoms with E-state index in [9.17, 15) is 9.18 Å². The van der Waals surface area contributed by atoms with Gasteiger partial charge < -0.3 is 10.2 Å². The number of aromatic nitrogens is 3. The summed E-state index contributed by atoms with van der Waals surface area (Å²) in [7, 11) is 0. The SMILES string of the molecule is Fc1ccccc1.O=C(NC1CCCC1)c1cnc2ccc(N3CCCC3)nn12. The molecule has 152 valence electrons. The van der Waals surface area contributed by atoms with Crippen molar-refractivity contribution in [3.8, 4) is 0 Å². The third-order valence-corrected chi connectivity index (χ3v) is 5.43. The maximum atomic E-state index is 12.5. The minimum absolute atomic E-state index is 0.0644. The van der Waals surface area contributed by atoms with Crippen LogP contribution < -0.4 is 10.2 Å². The highest BCUT2D eigenvalue weighted by Crippen LogP contribution is 2.20. The number of benzene rings is 1. The van der Waals surface area contributed by atoms with E-state index >= 15 is 0 Å². The van der Waals surface area contributed by atoms with Crippen LogP contribution in [0.5, 0.6) is 0 Å². The predicted octanol–water partition coefficient (Wildman–Crippen LogP) is 3.83. The van der Waals surface area contributed by atoms with Crippen molar-refractivity contribution in [2.24, 2.45) is 0 Å². The van der Waals surface area contributed by atoms with Crippen LogP contribution in [0, 0.1) is 5.82 Å². The van der Waals surface area contributed by atoms with Gasteiger partial charge in [-0.1, -0.05) is 31.0 Å². The molecule has 1 N–H and O–H groups in total. The highest BCUT2D eigenvalue weighted by atomic mass is 19.1. The van der Waals surface area contributed by atoms with E-state index in [0.717, 1.165) is 37.4 Å². The van der Waals surface area contributed by atoms with Crippen LogP contribution in [0.2, 0.25) is 0 Å². The summed E-state index contributed by atoms with van der Waals surface area (Å²) in [4.78, 5) is 19.0. The van der Waals surface area contributed by atoms with E-state index in [1.54, 1.807) is 28.9 Å². The summed E-state index contributed by atoms with van der Waals surface area (Å²) < 4.78 is 13.6. The van der Waals surface area contributed by atoms with Gasteiger partial charge in [0.05, 0.1) is 6.20 Å². The number of hydrogen-bond acceptors (Lipinski definition) is 4. The molecule has 2 fully saturated rings. The first-order valence-corrected chi connectivity index (χ1v) is 10.3. The molecule has 5 rings (SSSR count). The lowest BCUT2D eigenvalue weighted by Gasteiger charge is -2.16. The summed E-state index contributed by atoms with van der Waals surface area (Å²) in [5.41, 5.74) is 1.25. The molecule has 0 atom stereocenters. The second kappa shape index (κ2) is 9.03. The third-order valence-electron chi connectivity index (χ3n) is 5.43. The summed E-state index contributed by atoms with van der Waals surface area (Å²) in [5.74, 6) is 0.686. The van der Waals surface area contributed by atoms with E-state index < -0.39 is 0 Å². The summed E-state index contributed by atoms with van der Waals surface area (Å²) >= 11 is 0. The van der Waals surface area contributed by atoms with Crippen molar-refractivity contribution in [1.82, 2.24) is 19.9 Å². The number of nitrogens with one attached hydrogen (secondary N) is 1. The number of hydrogen-bond donors (Lipinski definition) is 1. The number of fused-ring (bicyclic) bond motifs is 1. The molecule has 1 saturated carbocycles. The lowest BCUT2D eigenvalue weighted by molar-refractivity contribution is 0.0931. The maximum Gasteiger partial charge on any atom is 0.271 e. The number of anilines is 1. The Morgan fingerprint density at radius 3 is 2.38 bits per heavy atom. The smallest absolute Gasteiger partial charge is 0.271 e. The topological polar surface area (TPSA) is 62.5 Å². The average molecular weight is 395 g/mol. The van der Waals surface area contributed by atoms with Crippen LogP contribution in [0.4, 0.5) is 10.2 Å². The van der Waals surface area contributed by atoms with E-state index in [4.69, 9.17) is 0 Å². The number of nitrogens with zero attached hydrogens (tertiary/aromatic N) is 4. The Balaban J connectivity index is 0.000000249. The lowest BCUT2D eigenvalue weighted by atomic mass is 10.2. The molecule has 1 aromatic carbocycles. The average Bonchev–Trinajstić information content (AvgIpc) is 3.50. The first-order valence-electron chi connectivity index (χ1n) is 10.3. The molecule has 0 radical (unpaired) electrons. The van der Waals surface area contributed by atoms with Crippen molar-refractivity contribution in [3.63, 3.8) is 0 Å². The highest BCUT2D eigenvalue weighted by molar-refractivity contribution is 5.93. The van der Waals surface area contributed by atoms with E-state index in [1.165, 1.54) is 37.8 Å². The molecular weight excluding hydrogens is 369 g/mol. The number of halogens is 1. The molecule has 2 aliphatic rings. The standard InChI is InChI=1S/C16H21N5O.C6H5F/c22-16(18-12-5-1-2-6-12)13-11-17-14-7-8-15(19-21(13)14)20-9-3-4-10-20;7-6-4-2-1-3-5-6/h7-8,11-12H,1-6,9-10H2,(H,18,22);1-5H. The van der Waals surface area contributed by atoms with Gasteiger partial charge >= 0.3 is 0 Å². The molecule has 1 aliphatic carbocycles. The second-order valence-electron chi connectivity index (χ2n) is 7.55. The van der Waals surface area contributed by atoms with E-state index in [0.29, 0.717) is 11.7 Å². The van der Waals surface area contributed by atoms with Crippen LogP contribution in [0.1, 0.15) is 49.0 Å². The molecule has 2 aromatic heterocycles. The van der Waals surface area contributed by atoms with Crippen LogP contribution in [-0.4, -0.2) is 39.6 Å². The van der Waals surface area contributed by atoms with E-state index in [1.807, 2.05) is 12.1 Å². The number of carbonyl (C=O) groups is 1. The summed E-state index contributed by atoms with van der Waals surface area (Å²) in [5, 5.41) is 7.74. The summed E-state index contributed by atoms with van der Waals surface area (Å²) in [6.45, 7) is 2.08. The molecule has 7 heteroatoms. The van der Waals surface area contributed by atoms with Gasteiger partial charge in [0.2, 0.25) is 0 Å². The maximum absolute atomic E-state index is 12.5. The quantitative estimate of drug-likeness (QED) is 0.732. The normalized spacial score (nSPS) is 16.7. The molecule has 1 saturated heterocycles. The van der Waals surface area contributed by atoms with E-state index in [2.05, 4.69) is 20.3 Å².